The Balaban J connectivity index is 1.41. The molecule has 0 saturated carbocycles. The van der Waals surface area contributed by atoms with Gasteiger partial charge in [-0.3, -0.25) is 0 Å². The number of benzene rings is 1. The van der Waals surface area contributed by atoms with Crippen molar-refractivity contribution in [3.8, 4) is 0 Å². The minimum absolute atomic E-state index is 0.723. The summed E-state index contributed by atoms with van der Waals surface area (Å²) < 4.78 is 11.2. The maximum absolute atomic E-state index is 5.63. The molecule has 3 aliphatic heterocycles. The first-order valence-corrected chi connectivity index (χ1v) is 12.9. The molecule has 0 bridgehead atoms. The fraction of sp³-hybridized carbons (Fsp3) is 0.615. The number of piperidine rings is 1. The van der Waals surface area contributed by atoms with Gasteiger partial charge in [-0.05, 0) is 37.7 Å². The van der Waals surface area contributed by atoms with E-state index >= 15 is 0 Å². The summed E-state index contributed by atoms with van der Waals surface area (Å²) in [5.41, 5.74) is 2.52. The molecule has 2 aromatic rings. The van der Waals surface area contributed by atoms with Gasteiger partial charge in [0.1, 0.15) is 5.69 Å². The van der Waals surface area contributed by atoms with Crippen molar-refractivity contribution in [1.29, 1.82) is 0 Å². The lowest BCUT2D eigenvalue weighted by Gasteiger charge is -2.37. The van der Waals surface area contributed by atoms with Crippen LogP contribution in [0.2, 0.25) is 0 Å². The molecule has 8 heteroatoms. The van der Waals surface area contributed by atoms with Crippen LogP contribution in [0.15, 0.2) is 30.3 Å². The predicted octanol–water partition coefficient (Wildman–Crippen LogP) is 3.04. The lowest BCUT2D eigenvalue weighted by molar-refractivity contribution is 0.121. The molecular formula is C26H38N6O2. The summed E-state index contributed by atoms with van der Waals surface area (Å²) in [4.78, 5) is 17.4. The lowest BCUT2D eigenvalue weighted by atomic mass is 9.90. The molecule has 5 rings (SSSR count). The van der Waals surface area contributed by atoms with Gasteiger partial charge in [0.2, 0.25) is 5.95 Å². The highest BCUT2D eigenvalue weighted by molar-refractivity contribution is 5.80. The Morgan fingerprint density at radius 3 is 1.94 bits per heavy atom. The van der Waals surface area contributed by atoms with Crippen molar-refractivity contribution in [3.63, 3.8) is 0 Å². The zero-order valence-corrected chi connectivity index (χ0v) is 20.4. The number of nitrogens with zero attached hydrogens (tertiary/aromatic N) is 5. The Bertz CT molecular complexity index is 907. The zero-order chi connectivity index (χ0) is 23.2. The smallest absolute Gasteiger partial charge is 0.229 e. The minimum Gasteiger partial charge on any atom is -0.379 e. The minimum atomic E-state index is 0.723. The van der Waals surface area contributed by atoms with Gasteiger partial charge in [-0.2, -0.15) is 9.97 Å². The highest BCUT2D eigenvalue weighted by atomic mass is 16.5. The van der Waals surface area contributed by atoms with Crippen molar-refractivity contribution in [2.45, 2.75) is 26.2 Å². The van der Waals surface area contributed by atoms with E-state index in [0.717, 1.165) is 108 Å². The quantitative estimate of drug-likeness (QED) is 0.668. The molecule has 0 aliphatic carbocycles. The first-order chi connectivity index (χ1) is 16.8. The molecule has 3 saturated heterocycles. The van der Waals surface area contributed by atoms with E-state index in [1.165, 1.54) is 18.4 Å². The Labute approximate surface area is 203 Å². The van der Waals surface area contributed by atoms with E-state index in [2.05, 4.69) is 57.3 Å². The summed E-state index contributed by atoms with van der Waals surface area (Å²) in [7, 11) is 0. The molecule has 0 radical (unpaired) electrons. The zero-order valence-electron chi connectivity index (χ0n) is 20.4. The molecule has 8 nitrogen and oxygen atoms in total. The van der Waals surface area contributed by atoms with Gasteiger partial charge in [-0.25, -0.2) is 0 Å². The van der Waals surface area contributed by atoms with Crippen LogP contribution in [0, 0.1) is 5.92 Å². The number of ether oxygens (including phenoxy) is 2. The van der Waals surface area contributed by atoms with Crippen LogP contribution in [-0.4, -0.2) is 82.2 Å². The Hall–Kier alpha value is -2.58. The molecule has 0 spiro atoms. The Morgan fingerprint density at radius 1 is 0.794 bits per heavy atom. The van der Waals surface area contributed by atoms with Gasteiger partial charge in [0, 0.05) is 45.8 Å². The molecular weight excluding hydrogens is 428 g/mol. The van der Waals surface area contributed by atoms with Crippen molar-refractivity contribution in [2.75, 3.05) is 92.3 Å². The van der Waals surface area contributed by atoms with Gasteiger partial charge in [0.15, 0.2) is 11.6 Å². The van der Waals surface area contributed by atoms with Crippen LogP contribution in [0.5, 0.6) is 0 Å². The summed E-state index contributed by atoms with van der Waals surface area (Å²) in [5.74, 6) is 3.62. The molecule has 3 aliphatic rings. The SMILES string of the molecule is CCNc1c(N2CCOCC2)nc(N2CCOCC2)nc1N1CCC(Cc2ccccc2)CC1. The number of nitrogens with one attached hydrogen (secondary N) is 1. The van der Waals surface area contributed by atoms with E-state index in [1.54, 1.807) is 0 Å². The Morgan fingerprint density at radius 2 is 1.35 bits per heavy atom. The van der Waals surface area contributed by atoms with Crippen LogP contribution in [0.4, 0.5) is 23.3 Å². The molecule has 1 aromatic carbocycles. The number of aromatic nitrogens is 2. The topological polar surface area (TPSA) is 66.0 Å². The summed E-state index contributed by atoms with van der Waals surface area (Å²) in [5, 5.41) is 3.63. The van der Waals surface area contributed by atoms with Gasteiger partial charge in [-0.1, -0.05) is 30.3 Å². The van der Waals surface area contributed by atoms with E-state index in [-0.39, 0.29) is 0 Å². The van der Waals surface area contributed by atoms with Gasteiger partial charge >= 0.3 is 0 Å². The summed E-state index contributed by atoms with van der Waals surface area (Å²) in [6, 6.07) is 10.9. The van der Waals surface area contributed by atoms with Crippen molar-refractivity contribution < 1.29 is 9.47 Å². The Kier molecular flexibility index (Phi) is 7.65. The van der Waals surface area contributed by atoms with E-state index in [0.29, 0.717) is 0 Å². The van der Waals surface area contributed by atoms with Crippen LogP contribution in [0.1, 0.15) is 25.3 Å². The van der Waals surface area contributed by atoms with Crippen LogP contribution in [0.3, 0.4) is 0 Å². The number of morpholine rings is 2. The summed E-state index contributed by atoms with van der Waals surface area (Å²) in [6.45, 7) is 11.4. The van der Waals surface area contributed by atoms with Crippen molar-refractivity contribution in [1.82, 2.24) is 9.97 Å². The van der Waals surface area contributed by atoms with Gasteiger partial charge in [0.25, 0.3) is 0 Å². The maximum Gasteiger partial charge on any atom is 0.229 e. The standard InChI is InChI=1S/C26H38N6O2/c1-2-27-23-24(30-10-8-22(9-11-30)20-21-6-4-3-5-7-21)28-26(32-14-18-34-19-15-32)29-25(23)31-12-16-33-17-13-31/h3-7,22,27H,2,8-20H2,1H3. The molecule has 0 atom stereocenters. The fourth-order valence-corrected chi connectivity index (χ4v) is 5.20. The molecule has 4 heterocycles. The number of hydrogen-bond donors (Lipinski definition) is 1. The monoisotopic (exact) mass is 466 g/mol. The van der Waals surface area contributed by atoms with Crippen LogP contribution in [-0.2, 0) is 15.9 Å². The van der Waals surface area contributed by atoms with E-state index in [9.17, 15) is 0 Å². The summed E-state index contributed by atoms with van der Waals surface area (Å²) >= 11 is 0. The molecule has 0 unspecified atom stereocenters. The maximum atomic E-state index is 5.63. The van der Waals surface area contributed by atoms with Crippen LogP contribution < -0.4 is 20.0 Å². The molecule has 184 valence electrons. The van der Waals surface area contributed by atoms with E-state index in [4.69, 9.17) is 19.4 Å². The number of anilines is 4. The number of rotatable bonds is 7. The van der Waals surface area contributed by atoms with Crippen molar-refractivity contribution in [2.24, 2.45) is 5.92 Å². The van der Waals surface area contributed by atoms with Crippen molar-refractivity contribution >= 4 is 23.3 Å². The predicted molar refractivity (Wildman–Crippen MR) is 137 cm³/mol. The van der Waals surface area contributed by atoms with E-state index < -0.39 is 0 Å². The first-order valence-electron chi connectivity index (χ1n) is 12.9. The second kappa shape index (κ2) is 11.2. The van der Waals surface area contributed by atoms with Gasteiger partial charge in [0.05, 0.1) is 26.4 Å². The van der Waals surface area contributed by atoms with Crippen molar-refractivity contribution in [3.05, 3.63) is 35.9 Å². The molecule has 3 fully saturated rings. The van der Waals surface area contributed by atoms with Gasteiger partial charge < -0.3 is 29.5 Å². The first kappa shape index (κ1) is 23.2. The lowest BCUT2D eigenvalue weighted by Crippen LogP contribution is -2.41. The number of hydrogen-bond acceptors (Lipinski definition) is 8. The average Bonchev–Trinajstić information content (AvgIpc) is 2.91. The molecule has 0 amide bonds. The third-order valence-electron chi connectivity index (χ3n) is 7.10. The van der Waals surface area contributed by atoms with Crippen LogP contribution >= 0.6 is 0 Å². The molecule has 1 N–H and O–H groups in total. The second-order valence-electron chi connectivity index (χ2n) is 9.40. The third kappa shape index (κ3) is 5.39. The largest absolute Gasteiger partial charge is 0.379 e. The highest BCUT2D eigenvalue weighted by Gasteiger charge is 2.29. The highest BCUT2D eigenvalue weighted by Crippen LogP contribution is 2.37. The molecule has 34 heavy (non-hydrogen) atoms. The summed E-state index contributed by atoms with van der Waals surface area (Å²) in [6.07, 6.45) is 3.53. The third-order valence-corrected chi connectivity index (χ3v) is 7.10. The molecule has 1 aromatic heterocycles. The average molecular weight is 467 g/mol. The normalized spacial score (nSPS) is 20.0. The van der Waals surface area contributed by atoms with E-state index in [1.807, 2.05) is 0 Å². The second-order valence-corrected chi connectivity index (χ2v) is 9.40. The fourth-order valence-electron chi connectivity index (χ4n) is 5.20. The van der Waals surface area contributed by atoms with Crippen LogP contribution in [0.25, 0.3) is 0 Å². The van der Waals surface area contributed by atoms with Gasteiger partial charge in [-0.15, -0.1) is 0 Å².